The molecule has 2 bridgehead atoms. The molecular weight excluding hydrogens is 314 g/mol. The SMILES string of the molecule is O=C1CC(CNC(=O)N2CC3CCC2C3)CN1CCc1ccccc1. The van der Waals surface area contributed by atoms with E-state index >= 15 is 0 Å². The lowest BCUT2D eigenvalue weighted by molar-refractivity contribution is -0.127. The second-order valence-electron chi connectivity index (χ2n) is 7.82. The molecule has 3 amide bonds. The monoisotopic (exact) mass is 341 g/mol. The highest BCUT2D eigenvalue weighted by molar-refractivity contribution is 5.79. The number of fused-ring (bicyclic) bond motifs is 2. The van der Waals surface area contributed by atoms with Gasteiger partial charge in [0.1, 0.15) is 0 Å². The van der Waals surface area contributed by atoms with Crippen molar-refractivity contribution in [1.82, 2.24) is 15.1 Å². The van der Waals surface area contributed by atoms with E-state index in [9.17, 15) is 9.59 Å². The molecule has 1 aliphatic carbocycles. The van der Waals surface area contributed by atoms with E-state index in [4.69, 9.17) is 0 Å². The summed E-state index contributed by atoms with van der Waals surface area (Å²) < 4.78 is 0. The first-order valence-corrected chi connectivity index (χ1v) is 9.55. The zero-order valence-electron chi connectivity index (χ0n) is 14.7. The molecule has 1 N–H and O–H groups in total. The van der Waals surface area contributed by atoms with Crippen LogP contribution >= 0.6 is 0 Å². The van der Waals surface area contributed by atoms with Gasteiger partial charge in [-0.25, -0.2) is 4.79 Å². The van der Waals surface area contributed by atoms with Gasteiger partial charge in [0.15, 0.2) is 0 Å². The molecule has 2 saturated heterocycles. The highest BCUT2D eigenvalue weighted by Gasteiger charge is 2.40. The lowest BCUT2D eigenvalue weighted by Gasteiger charge is -2.27. The molecule has 0 radical (unpaired) electrons. The molecule has 5 heteroatoms. The van der Waals surface area contributed by atoms with Gasteiger partial charge >= 0.3 is 6.03 Å². The molecule has 4 rings (SSSR count). The molecule has 1 saturated carbocycles. The second-order valence-corrected chi connectivity index (χ2v) is 7.82. The van der Waals surface area contributed by atoms with Gasteiger partial charge in [-0.15, -0.1) is 0 Å². The Morgan fingerprint density at radius 2 is 2.00 bits per heavy atom. The zero-order chi connectivity index (χ0) is 17.2. The van der Waals surface area contributed by atoms with Gasteiger partial charge in [0, 0.05) is 44.6 Å². The van der Waals surface area contributed by atoms with Crippen LogP contribution in [0.15, 0.2) is 30.3 Å². The number of nitrogens with zero attached hydrogens (tertiary/aromatic N) is 2. The Morgan fingerprint density at radius 3 is 2.72 bits per heavy atom. The Balaban J connectivity index is 1.21. The number of piperidine rings is 1. The van der Waals surface area contributed by atoms with Gasteiger partial charge in [-0.2, -0.15) is 0 Å². The number of hydrogen-bond donors (Lipinski definition) is 1. The molecule has 3 atom stereocenters. The van der Waals surface area contributed by atoms with E-state index in [2.05, 4.69) is 17.4 Å². The first-order valence-electron chi connectivity index (χ1n) is 9.55. The number of rotatable bonds is 5. The molecule has 2 heterocycles. The minimum atomic E-state index is 0.0717. The minimum absolute atomic E-state index is 0.0717. The van der Waals surface area contributed by atoms with Crippen LogP contribution in [-0.2, 0) is 11.2 Å². The summed E-state index contributed by atoms with van der Waals surface area (Å²) in [6.45, 7) is 3.06. The quantitative estimate of drug-likeness (QED) is 0.893. The van der Waals surface area contributed by atoms with Crippen LogP contribution in [0.2, 0.25) is 0 Å². The number of nitrogens with one attached hydrogen (secondary N) is 1. The van der Waals surface area contributed by atoms with Gasteiger partial charge in [0.2, 0.25) is 5.91 Å². The molecule has 3 aliphatic rings. The summed E-state index contributed by atoms with van der Waals surface area (Å²) >= 11 is 0. The Morgan fingerprint density at radius 1 is 1.16 bits per heavy atom. The molecule has 1 aromatic rings. The van der Waals surface area contributed by atoms with E-state index in [1.165, 1.54) is 18.4 Å². The van der Waals surface area contributed by atoms with Crippen LogP contribution in [0, 0.1) is 11.8 Å². The third kappa shape index (κ3) is 3.65. The third-order valence-corrected chi connectivity index (χ3v) is 6.02. The number of carbonyl (C=O) groups is 2. The lowest BCUT2D eigenvalue weighted by atomic mass is 10.1. The molecule has 1 aromatic carbocycles. The maximum atomic E-state index is 12.4. The van der Waals surface area contributed by atoms with E-state index in [0.29, 0.717) is 19.0 Å². The van der Waals surface area contributed by atoms with Crippen molar-refractivity contribution in [1.29, 1.82) is 0 Å². The number of amides is 3. The molecule has 134 valence electrons. The van der Waals surface area contributed by atoms with Gasteiger partial charge in [0.25, 0.3) is 0 Å². The first-order chi connectivity index (χ1) is 12.2. The van der Waals surface area contributed by atoms with Crippen LogP contribution < -0.4 is 5.32 Å². The molecule has 0 spiro atoms. The molecule has 25 heavy (non-hydrogen) atoms. The van der Waals surface area contributed by atoms with Crippen LogP contribution in [0.4, 0.5) is 4.79 Å². The van der Waals surface area contributed by atoms with E-state index in [1.54, 1.807) is 0 Å². The van der Waals surface area contributed by atoms with Crippen molar-refractivity contribution in [3.63, 3.8) is 0 Å². The van der Waals surface area contributed by atoms with Crippen molar-refractivity contribution in [3.05, 3.63) is 35.9 Å². The standard InChI is InChI=1S/C20H27N3O2/c24-19-11-17(13-22(19)9-8-15-4-2-1-3-5-15)12-21-20(25)23-14-16-6-7-18(23)10-16/h1-5,16-18H,6-14H2,(H,21,25). The average molecular weight is 341 g/mol. The number of likely N-dealkylation sites (tertiary alicyclic amines) is 2. The fraction of sp³-hybridized carbons (Fsp3) is 0.600. The van der Waals surface area contributed by atoms with Crippen LogP contribution in [0.3, 0.4) is 0 Å². The topological polar surface area (TPSA) is 52.7 Å². The van der Waals surface area contributed by atoms with E-state index in [1.807, 2.05) is 28.0 Å². The number of carbonyl (C=O) groups excluding carboxylic acids is 2. The second kappa shape index (κ2) is 7.06. The van der Waals surface area contributed by atoms with Crippen LogP contribution in [0.5, 0.6) is 0 Å². The van der Waals surface area contributed by atoms with Crippen molar-refractivity contribution in [2.75, 3.05) is 26.2 Å². The van der Waals surface area contributed by atoms with E-state index < -0.39 is 0 Å². The molecule has 3 fully saturated rings. The van der Waals surface area contributed by atoms with Crippen molar-refractivity contribution in [3.8, 4) is 0 Å². The van der Waals surface area contributed by atoms with Crippen molar-refractivity contribution < 1.29 is 9.59 Å². The predicted molar refractivity (Wildman–Crippen MR) is 96.1 cm³/mol. The normalized spacial score (nSPS) is 28.0. The summed E-state index contributed by atoms with van der Waals surface area (Å²) in [7, 11) is 0. The van der Waals surface area contributed by atoms with Gasteiger partial charge in [-0.05, 0) is 37.2 Å². The summed E-state index contributed by atoms with van der Waals surface area (Å²) in [6, 6.07) is 10.8. The summed E-state index contributed by atoms with van der Waals surface area (Å²) in [5.74, 6) is 1.18. The summed E-state index contributed by atoms with van der Waals surface area (Å²) in [5.41, 5.74) is 1.26. The Hall–Kier alpha value is -2.04. The van der Waals surface area contributed by atoms with Gasteiger partial charge < -0.3 is 15.1 Å². The number of urea groups is 1. The van der Waals surface area contributed by atoms with Gasteiger partial charge in [-0.1, -0.05) is 30.3 Å². The summed E-state index contributed by atoms with van der Waals surface area (Å²) in [4.78, 5) is 28.6. The molecular formula is C20H27N3O2. The van der Waals surface area contributed by atoms with Gasteiger partial charge in [0.05, 0.1) is 0 Å². The summed E-state index contributed by atoms with van der Waals surface area (Å²) in [6.07, 6.45) is 5.07. The number of hydrogen-bond acceptors (Lipinski definition) is 2. The van der Waals surface area contributed by atoms with Crippen molar-refractivity contribution >= 4 is 11.9 Å². The van der Waals surface area contributed by atoms with E-state index in [0.717, 1.165) is 38.4 Å². The molecule has 2 aliphatic heterocycles. The zero-order valence-corrected chi connectivity index (χ0v) is 14.7. The fourth-order valence-corrected chi connectivity index (χ4v) is 4.62. The first kappa shape index (κ1) is 16.4. The maximum absolute atomic E-state index is 12.4. The van der Waals surface area contributed by atoms with Crippen LogP contribution in [-0.4, -0.2) is 54.0 Å². The predicted octanol–water partition coefficient (Wildman–Crippen LogP) is 2.27. The van der Waals surface area contributed by atoms with Gasteiger partial charge in [-0.3, -0.25) is 4.79 Å². The molecule has 5 nitrogen and oxygen atoms in total. The Bertz CT molecular complexity index is 633. The van der Waals surface area contributed by atoms with Crippen molar-refractivity contribution in [2.24, 2.45) is 11.8 Å². The fourth-order valence-electron chi connectivity index (χ4n) is 4.62. The highest BCUT2D eigenvalue weighted by Crippen LogP contribution is 2.37. The number of benzene rings is 1. The Kier molecular flexibility index (Phi) is 4.64. The molecule has 0 aromatic heterocycles. The van der Waals surface area contributed by atoms with E-state index in [-0.39, 0.29) is 17.9 Å². The third-order valence-electron chi connectivity index (χ3n) is 6.02. The smallest absolute Gasteiger partial charge is 0.317 e. The van der Waals surface area contributed by atoms with Crippen LogP contribution in [0.1, 0.15) is 31.2 Å². The maximum Gasteiger partial charge on any atom is 0.317 e. The Labute approximate surface area is 149 Å². The highest BCUT2D eigenvalue weighted by atomic mass is 16.2. The van der Waals surface area contributed by atoms with Crippen LogP contribution in [0.25, 0.3) is 0 Å². The minimum Gasteiger partial charge on any atom is -0.342 e. The molecule has 3 unspecified atom stereocenters. The summed E-state index contributed by atoms with van der Waals surface area (Å²) in [5, 5.41) is 3.07. The lowest BCUT2D eigenvalue weighted by Crippen LogP contribution is -2.45. The van der Waals surface area contributed by atoms with Crippen molar-refractivity contribution in [2.45, 2.75) is 38.1 Å². The largest absolute Gasteiger partial charge is 0.342 e. The average Bonchev–Trinajstić information content (AvgIpc) is 3.34.